The van der Waals surface area contributed by atoms with Crippen LogP contribution in [0.25, 0.3) is 0 Å². The van der Waals surface area contributed by atoms with Crippen LogP contribution in [0.2, 0.25) is 18.1 Å². The van der Waals surface area contributed by atoms with Crippen molar-refractivity contribution in [1.29, 1.82) is 0 Å². The summed E-state index contributed by atoms with van der Waals surface area (Å²) in [7, 11) is -0.0265. The van der Waals surface area contributed by atoms with Crippen LogP contribution in [-0.4, -0.2) is 149 Å². The molecule has 0 N–H and O–H groups in total. The molecule has 314 valence electrons. The zero-order chi connectivity index (χ0) is 40.9. The highest BCUT2D eigenvalue weighted by Gasteiger charge is 2.40. The Kier molecular flexibility index (Phi) is 43.1. The van der Waals surface area contributed by atoms with E-state index in [2.05, 4.69) is 6.58 Å². The molecule has 0 rings (SSSR count). The molecule has 0 bridgehead atoms. The Labute approximate surface area is 324 Å². The van der Waals surface area contributed by atoms with Crippen molar-refractivity contribution in [3.05, 3.63) is 12.2 Å². The molecule has 0 aliphatic carbocycles. The maximum Gasteiger partial charge on any atom is 0.503 e. The van der Waals surface area contributed by atoms with Gasteiger partial charge in [0, 0.05) is 113 Å². The highest BCUT2D eigenvalue weighted by molar-refractivity contribution is 6.61. The second-order valence-corrected chi connectivity index (χ2v) is 20.6. The molecule has 0 unspecified atom stereocenters. The van der Waals surface area contributed by atoms with E-state index >= 15 is 0 Å². The molecule has 0 aliphatic heterocycles. The molecule has 0 saturated carbocycles. The van der Waals surface area contributed by atoms with Gasteiger partial charge >= 0.3 is 47.9 Å². The van der Waals surface area contributed by atoms with Crippen molar-refractivity contribution in [2.45, 2.75) is 79.9 Å². The molecule has 0 fully saturated rings. The highest BCUT2D eigenvalue weighted by atomic mass is 35.5. The molecule has 0 amide bonds. The van der Waals surface area contributed by atoms with Crippen LogP contribution in [0.1, 0.15) is 61.8 Å². The molecule has 0 saturated heterocycles. The Balaban J connectivity index is -0.000000299. The second kappa shape index (κ2) is 38.6. The van der Waals surface area contributed by atoms with E-state index in [-0.39, 0.29) is 18.5 Å². The number of carbonyl (C=O) groups is 2. The first-order valence-corrected chi connectivity index (χ1v) is 25.0. The van der Waals surface area contributed by atoms with Gasteiger partial charge in [0.05, 0.1) is 19.3 Å². The Morgan fingerprint density at radius 3 is 1.23 bits per heavy atom. The van der Waals surface area contributed by atoms with Gasteiger partial charge in [-0.25, -0.2) is 4.79 Å². The van der Waals surface area contributed by atoms with Crippen LogP contribution >= 0.6 is 11.6 Å². The number of ether oxygens (including phenoxy) is 2. The smallest absolute Gasteiger partial charge is 0.466 e. The number of esters is 2. The lowest BCUT2D eigenvalue weighted by molar-refractivity contribution is -0.141. The van der Waals surface area contributed by atoms with Crippen LogP contribution in [0, 0.1) is 0 Å². The van der Waals surface area contributed by atoms with E-state index in [0.29, 0.717) is 82.3 Å². The summed E-state index contributed by atoms with van der Waals surface area (Å²) in [6.45, 7) is 22.6. The molecule has 0 heterocycles. The van der Waals surface area contributed by atoms with Gasteiger partial charge in [-0.05, 0) is 54.9 Å². The fourth-order valence-electron chi connectivity index (χ4n) is 3.68. The van der Waals surface area contributed by atoms with Crippen LogP contribution < -0.4 is 0 Å². The first-order valence-electron chi connectivity index (χ1n) is 17.3. The minimum atomic E-state index is -2.56. The van der Waals surface area contributed by atoms with Gasteiger partial charge in [0.15, 0.2) is 0 Å². The predicted octanol–water partition coefficient (Wildman–Crippen LogP) is 4.89. The Bertz CT molecular complexity index is 782. The minimum absolute atomic E-state index is 0.261. The molecule has 0 radical (unpaired) electrons. The molecule has 0 aromatic heterocycles. The quantitative estimate of drug-likeness (QED) is 0.0344. The van der Waals surface area contributed by atoms with Crippen LogP contribution in [0.4, 0.5) is 0 Å². The van der Waals surface area contributed by atoms with E-state index in [1.54, 1.807) is 28.3 Å². The summed E-state index contributed by atoms with van der Waals surface area (Å²) in [5.74, 6) is -0.169. The number of carbonyl (C=O) groups excluding carboxylic acids is 2. The van der Waals surface area contributed by atoms with Crippen molar-refractivity contribution in [2.75, 3.05) is 101 Å². The van der Waals surface area contributed by atoms with Crippen molar-refractivity contribution in [3.8, 4) is 0 Å². The number of halogens is 1. The fraction of sp³-hybridized carbons (Fsp3) is 0.871. The molecular weight excluding hydrogens is 776 g/mol. The molecule has 0 aromatic rings. The lowest BCUT2D eigenvalue weighted by Gasteiger charge is -2.27. The van der Waals surface area contributed by atoms with Gasteiger partial charge in [-0.1, -0.05) is 6.58 Å². The maximum absolute atomic E-state index is 11.1. The normalized spacial score (nSPS) is 11.4. The molecule has 0 spiro atoms. The Hall–Kier alpha value is -0.642. The van der Waals surface area contributed by atoms with Gasteiger partial charge in [-0.15, -0.1) is 11.6 Å². The Morgan fingerprint density at radius 1 is 0.558 bits per heavy atom. The third-order valence-corrected chi connectivity index (χ3v) is 17.1. The van der Waals surface area contributed by atoms with Crippen molar-refractivity contribution in [1.82, 2.24) is 0 Å². The van der Waals surface area contributed by atoms with Gasteiger partial charge in [0.25, 0.3) is 0 Å². The standard InChI is InChI=1S/C10H20O5Si.C8H19ClO3Si.C7H16O5Si.C6H16O3Si/c1-9(2)10(11)15-7-6-8-16(12-3,13-4)14-5;1-4-10-13(8-7-9,11-5-2)12-6-3;1-7(8)12-5-6-13(9-2,10-3)11-4;1-4-7-10(8-5-2)9-6-3/h1,6-8H2,2-5H3;4-8H2,1-3H3;5-6H2,1-4H3;10H,4-6H2,1-3H3. The summed E-state index contributed by atoms with van der Waals surface area (Å²) < 4.78 is 73.1. The summed E-state index contributed by atoms with van der Waals surface area (Å²) in [4.78, 5) is 21.5. The van der Waals surface area contributed by atoms with Crippen LogP contribution in [0.15, 0.2) is 12.2 Å². The molecule has 52 heavy (non-hydrogen) atoms. The second-order valence-electron chi connectivity index (χ2n) is 9.78. The van der Waals surface area contributed by atoms with Crippen molar-refractivity contribution in [2.24, 2.45) is 0 Å². The van der Waals surface area contributed by atoms with E-state index in [0.717, 1.165) is 0 Å². The molecule has 21 heteroatoms. The third-order valence-electron chi connectivity index (χ3n) is 6.19. The molecular formula is C31H71ClO16Si4. The minimum Gasteiger partial charge on any atom is -0.466 e. The fourth-order valence-corrected chi connectivity index (χ4v) is 10.9. The van der Waals surface area contributed by atoms with Crippen molar-refractivity contribution < 1.29 is 72.2 Å². The van der Waals surface area contributed by atoms with Crippen molar-refractivity contribution >= 4 is 59.5 Å². The summed E-state index contributed by atoms with van der Waals surface area (Å²) in [5, 5.41) is 0. The van der Waals surface area contributed by atoms with Gasteiger partial charge in [0.1, 0.15) is 0 Å². The largest absolute Gasteiger partial charge is 0.503 e. The first kappa shape index (κ1) is 58.1. The zero-order valence-electron chi connectivity index (χ0n) is 34.4. The predicted molar refractivity (Wildman–Crippen MR) is 208 cm³/mol. The lowest BCUT2D eigenvalue weighted by Crippen LogP contribution is -2.46. The number of rotatable bonds is 28. The molecule has 0 atom stereocenters. The molecule has 0 aromatic carbocycles. The Morgan fingerprint density at radius 2 is 0.942 bits per heavy atom. The number of hydrogen-bond acceptors (Lipinski definition) is 16. The summed E-state index contributed by atoms with van der Waals surface area (Å²) >= 11 is 5.69. The SMILES string of the molecule is C=C(C)C(=O)OCCC[Si](OC)(OC)OC.CCO[SiH](OCC)OCC.CCO[Si](CCCl)(OCC)OCC.CO[Si](CCOC(C)=O)(OC)OC. The van der Waals surface area contributed by atoms with Crippen LogP contribution in [0.5, 0.6) is 0 Å². The van der Waals surface area contributed by atoms with Crippen LogP contribution in [0.3, 0.4) is 0 Å². The van der Waals surface area contributed by atoms with Crippen LogP contribution in [-0.2, 0) is 72.2 Å². The average molecular weight is 848 g/mol. The number of hydrogen-bond donors (Lipinski definition) is 0. The third kappa shape index (κ3) is 30.7. The topological polar surface area (TPSA) is 163 Å². The van der Waals surface area contributed by atoms with Crippen molar-refractivity contribution in [3.63, 3.8) is 0 Å². The average Bonchev–Trinajstić information content (AvgIpc) is 3.12. The van der Waals surface area contributed by atoms with E-state index in [4.69, 9.17) is 74.2 Å². The first-order chi connectivity index (χ1) is 24.7. The molecule has 16 nitrogen and oxygen atoms in total. The zero-order valence-corrected chi connectivity index (χ0v) is 39.3. The van der Waals surface area contributed by atoms with Gasteiger partial charge in [-0.3, -0.25) is 4.79 Å². The highest BCUT2D eigenvalue weighted by Crippen LogP contribution is 2.17. The van der Waals surface area contributed by atoms with Gasteiger partial charge < -0.3 is 62.6 Å². The van der Waals surface area contributed by atoms with Gasteiger partial charge in [-0.2, -0.15) is 0 Å². The lowest BCUT2D eigenvalue weighted by atomic mass is 10.4. The maximum atomic E-state index is 11.1. The summed E-state index contributed by atoms with van der Waals surface area (Å²) in [6.07, 6.45) is 0.640. The van der Waals surface area contributed by atoms with E-state index < -0.39 is 35.9 Å². The summed E-state index contributed by atoms with van der Waals surface area (Å²) in [5.41, 5.74) is 0.397. The summed E-state index contributed by atoms with van der Waals surface area (Å²) in [6, 6.07) is 1.76. The van der Waals surface area contributed by atoms with E-state index in [1.165, 1.54) is 28.3 Å². The van der Waals surface area contributed by atoms with E-state index in [9.17, 15) is 9.59 Å². The molecule has 0 aliphatic rings. The monoisotopic (exact) mass is 846 g/mol. The number of alkyl halides is 1. The van der Waals surface area contributed by atoms with Gasteiger partial charge in [0.2, 0.25) is 0 Å². The van der Waals surface area contributed by atoms with E-state index in [1.807, 2.05) is 41.5 Å².